The molecule has 3 rings (SSSR count). The highest BCUT2D eigenvalue weighted by Gasteiger charge is 2.43. The smallest absolute Gasteiger partial charge is 0.325 e. The second-order valence-corrected chi connectivity index (χ2v) is 25.6. The van der Waals surface area contributed by atoms with E-state index in [0.717, 1.165) is 36.0 Å². The summed E-state index contributed by atoms with van der Waals surface area (Å²) in [4.78, 5) is 88.7. The van der Waals surface area contributed by atoms with Gasteiger partial charge in [-0.15, -0.1) is 0 Å². The predicted molar refractivity (Wildman–Crippen MR) is 275 cm³/mol. The molecule has 2 unspecified atom stereocenters. The Morgan fingerprint density at radius 2 is 1.48 bits per heavy atom. The van der Waals surface area contributed by atoms with Gasteiger partial charge in [0.1, 0.15) is 36.8 Å². The number of benzene rings is 2. The third-order valence-electron chi connectivity index (χ3n) is 13.5. The van der Waals surface area contributed by atoms with E-state index in [2.05, 4.69) is 49.0 Å². The Hall–Kier alpha value is -4.86. The van der Waals surface area contributed by atoms with E-state index in [-0.39, 0.29) is 37.0 Å². The summed E-state index contributed by atoms with van der Waals surface area (Å²) >= 11 is 0. The van der Waals surface area contributed by atoms with Crippen LogP contribution >= 0.6 is 0 Å². The lowest BCUT2D eigenvalue weighted by atomic mass is 9.90. The molecule has 69 heavy (non-hydrogen) atoms. The number of ether oxygens (including phenoxy) is 2. The molecular formula is C54H85N5O9Si. The fourth-order valence-electron chi connectivity index (χ4n) is 7.96. The minimum atomic E-state index is -2.55. The standard InChI is InChI=1S/C54H85N5O9Si/c1-14-16-17-21-27-45-42(26-22-25-40-30-28-37(5)29-31-40)53(65)59(11)44(32-36(3)4)50(62)57-47(38(6)15-2)52(64)56-43(35-66-34-41-23-19-18-20-24-41)49(61)58-48(51(63)55-33-46(60)67-45)39(7)68-69(12,13)54(8,9)10/h18-20,22-25,28-31,36,38-39,42-45,47-48H,14-17,21,26-27,32-35H2,1-13H3,(H,55,63)(H,56,64)(H,57,62)(H,58,61)/b25-22+/t38?,39?,42-,43+,44+,45-,47+,48+/m1/s1. The Morgan fingerprint density at radius 3 is 2.09 bits per heavy atom. The Labute approximate surface area is 414 Å². The van der Waals surface area contributed by atoms with Gasteiger partial charge in [-0.3, -0.25) is 28.8 Å². The van der Waals surface area contributed by atoms with Crippen LogP contribution in [0.1, 0.15) is 130 Å². The molecule has 15 heteroatoms. The first kappa shape index (κ1) is 58.5. The molecule has 1 fully saturated rings. The Balaban J connectivity index is 2.21. The number of hydrogen-bond donors (Lipinski definition) is 4. The molecule has 14 nitrogen and oxygen atoms in total. The van der Waals surface area contributed by atoms with Gasteiger partial charge >= 0.3 is 5.97 Å². The number of aryl methyl sites for hydroxylation is 1. The van der Waals surface area contributed by atoms with Crippen LogP contribution in [-0.4, -0.2) is 105 Å². The van der Waals surface area contributed by atoms with Crippen molar-refractivity contribution in [2.24, 2.45) is 17.8 Å². The van der Waals surface area contributed by atoms with Gasteiger partial charge in [0.25, 0.3) is 0 Å². The zero-order chi connectivity index (χ0) is 51.5. The van der Waals surface area contributed by atoms with Crippen LogP contribution in [0.25, 0.3) is 6.08 Å². The highest BCUT2D eigenvalue weighted by Crippen LogP contribution is 2.37. The molecule has 4 N–H and O–H groups in total. The molecule has 0 bridgehead atoms. The molecule has 2 aromatic carbocycles. The van der Waals surface area contributed by atoms with Gasteiger partial charge in [-0.25, -0.2) is 0 Å². The summed E-state index contributed by atoms with van der Waals surface area (Å²) in [5, 5.41) is 11.1. The quantitative estimate of drug-likeness (QED) is 0.0616. The fourth-order valence-corrected chi connectivity index (χ4v) is 9.38. The van der Waals surface area contributed by atoms with Crippen LogP contribution < -0.4 is 21.3 Å². The summed E-state index contributed by atoms with van der Waals surface area (Å²) in [6.45, 7) is 23.0. The van der Waals surface area contributed by atoms with E-state index in [1.807, 2.05) is 114 Å². The van der Waals surface area contributed by atoms with E-state index in [1.165, 1.54) is 4.90 Å². The molecule has 0 aromatic heterocycles. The van der Waals surface area contributed by atoms with Crippen molar-refractivity contribution in [1.29, 1.82) is 0 Å². The van der Waals surface area contributed by atoms with Crippen LogP contribution in [0.2, 0.25) is 18.1 Å². The van der Waals surface area contributed by atoms with Crippen molar-refractivity contribution < 1.29 is 42.7 Å². The van der Waals surface area contributed by atoms with Crippen molar-refractivity contribution >= 4 is 49.9 Å². The number of hydrogen-bond acceptors (Lipinski definition) is 9. The minimum absolute atomic E-state index is 0.0366. The van der Waals surface area contributed by atoms with Crippen LogP contribution in [0.4, 0.5) is 0 Å². The lowest BCUT2D eigenvalue weighted by molar-refractivity contribution is -0.158. The maximum atomic E-state index is 15.1. The first-order valence-electron chi connectivity index (χ1n) is 25.2. The number of likely N-dealkylation sites (N-methyl/N-ethyl adjacent to an activating group) is 1. The minimum Gasteiger partial charge on any atom is -0.460 e. The second kappa shape index (κ2) is 28.1. The third kappa shape index (κ3) is 18.8. The summed E-state index contributed by atoms with van der Waals surface area (Å²) < 4.78 is 18.9. The molecule has 1 saturated heterocycles. The van der Waals surface area contributed by atoms with E-state index in [4.69, 9.17) is 13.9 Å². The number of rotatable bonds is 19. The van der Waals surface area contributed by atoms with E-state index >= 15 is 4.79 Å². The Kier molecular flexibility index (Phi) is 23.8. The molecule has 384 valence electrons. The number of carbonyl (C=O) groups is 6. The lowest BCUT2D eigenvalue weighted by Crippen LogP contribution is -2.62. The Bertz CT molecular complexity index is 1990. The number of amides is 5. The van der Waals surface area contributed by atoms with E-state index in [0.29, 0.717) is 19.3 Å². The fraction of sp³-hybridized carbons (Fsp3) is 0.630. The van der Waals surface area contributed by atoms with Crippen LogP contribution in [0.3, 0.4) is 0 Å². The number of unbranched alkanes of at least 4 members (excludes halogenated alkanes) is 3. The normalized spacial score (nSPS) is 23.0. The van der Waals surface area contributed by atoms with Gasteiger partial charge in [-0.05, 0) is 80.6 Å². The number of nitrogens with one attached hydrogen (secondary N) is 4. The molecule has 8 atom stereocenters. The van der Waals surface area contributed by atoms with Crippen molar-refractivity contribution in [3.05, 3.63) is 77.4 Å². The summed E-state index contributed by atoms with van der Waals surface area (Å²) in [5.41, 5.74) is 2.88. The zero-order valence-electron chi connectivity index (χ0n) is 43.9. The molecule has 1 heterocycles. The van der Waals surface area contributed by atoms with Gasteiger partial charge in [-0.1, -0.05) is 153 Å². The van der Waals surface area contributed by atoms with Crippen LogP contribution in [0.15, 0.2) is 60.7 Å². The average Bonchev–Trinajstić information content (AvgIpc) is 3.29. The number of carbonyl (C=O) groups excluding carboxylic acids is 6. The summed E-state index contributed by atoms with van der Waals surface area (Å²) in [7, 11) is -0.963. The summed E-state index contributed by atoms with van der Waals surface area (Å²) in [5.74, 6) is -5.10. The zero-order valence-corrected chi connectivity index (χ0v) is 44.9. The molecule has 0 spiro atoms. The SMILES string of the molecule is CCCCCC[C@H]1OC(=O)CNC(=O)[C@H](C(C)O[Si](C)(C)C(C)(C)C)NC(=O)[C@H](COCc2ccccc2)NC(=O)[C@H](C(C)CC)NC(=O)[C@H](CC(C)C)N(C)C(=O)[C@@H]1C/C=C/c1ccc(C)cc1. The van der Waals surface area contributed by atoms with Gasteiger partial charge in [0, 0.05) is 7.05 Å². The van der Waals surface area contributed by atoms with Gasteiger partial charge in [-0.2, -0.15) is 0 Å². The van der Waals surface area contributed by atoms with E-state index < -0.39 is 98.6 Å². The highest BCUT2D eigenvalue weighted by atomic mass is 28.4. The van der Waals surface area contributed by atoms with Gasteiger partial charge in [0.05, 0.1) is 25.2 Å². The van der Waals surface area contributed by atoms with Gasteiger partial charge in [0.2, 0.25) is 29.5 Å². The largest absolute Gasteiger partial charge is 0.460 e. The third-order valence-corrected chi connectivity index (χ3v) is 18.1. The highest BCUT2D eigenvalue weighted by molar-refractivity contribution is 6.74. The first-order chi connectivity index (χ1) is 32.5. The molecule has 0 saturated carbocycles. The van der Waals surface area contributed by atoms with Crippen molar-refractivity contribution in [3.8, 4) is 0 Å². The number of nitrogens with zero attached hydrogens (tertiary/aromatic N) is 1. The summed E-state index contributed by atoms with van der Waals surface area (Å²) in [6.07, 6.45) is 6.78. The Morgan fingerprint density at radius 1 is 0.826 bits per heavy atom. The summed E-state index contributed by atoms with van der Waals surface area (Å²) in [6, 6.07) is 12.5. The van der Waals surface area contributed by atoms with E-state index in [1.54, 1.807) is 14.0 Å². The van der Waals surface area contributed by atoms with E-state index in [9.17, 15) is 24.0 Å². The number of esters is 1. The molecule has 0 radical (unpaired) electrons. The molecule has 1 aliphatic rings. The molecule has 1 aliphatic heterocycles. The molecule has 0 aliphatic carbocycles. The molecule has 2 aromatic rings. The monoisotopic (exact) mass is 976 g/mol. The van der Waals surface area contributed by atoms with Gasteiger partial charge in [0.15, 0.2) is 8.32 Å². The molecule has 5 amide bonds. The van der Waals surface area contributed by atoms with Crippen molar-refractivity contribution in [2.45, 2.75) is 182 Å². The van der Waals surface area contributed by atoms with Crippen molar-refractivity contribution in [2.75, 3.05) is 20.2 Å². The number of allylic oxidation sites excluding steroid dienone is 1. The predicted octanol–water partition coefficient (Wildman–Crippen LogP) is 8.03. The average molecular weight is 976 g/mol. The van der Waals surface area contributed by atoms with Gasteiger partial charge < -0.3 is 40.1 Å². The topological polar surface area (TPSA) is 181 Å². The maximum absolute atomic E-state index is 15.1. The maximum Gasteiger partial charge on any atom is 0.325 e. The van der Waals surface area contributed by atoms with Crippen molar-refractivity contribution in [1.82, 2.24) is 26.2 Å². The van der Waals surface area contributed by atoms with Crippen LogP contribution in [0, 0.1) is 24.7 Å². The van der Waals surface area contributed by atoms with Crippen LogP contribution in [0.5, 0.6) is 0 Å². The second-order valence-electron chi connectivity index (χ2n) is 20.8. The first-order valence-corrected chi connectivity index (χ1v) is 28.1. The van der Waals surface area contributed by atoms with Crippen molar-refractivity contribution in [3.63, 3.8) is 0 Å². The lowest BCUT2D eigenvalue weighted by Gasteiger charge is -2.40. The van der Waals surface area contributed by atoms with Crippen LogP contribution in [-0.2, 0) is 49.3 Å². The molecular weight excluding hydrogens is 891 g/mol. The number of cyclic esters (lactones) is 1.